The number of rotatable bonds is 6. The van der Waals surface area contributed by atoms with E-state index in [2.05, 4.69) is 31.0 Å². The summed E-state index contributed by atoms with van der Waals surface area (Å²) in [6, 6.07) is 1.41. The van der Waals surface area contributed by atoms with Gasteiger partial charge in [-0.15, -0.1) is 0 Å². The van der Waals surface area contributed by atoms with Crippen molar-refractivity contribution in [2.24, 2.45) is 11.8 Å². The van der Waals surface area contributed by atoms with Gasteiger partial charge in [0.25, 0.3) is 0 Å². The fourth-order valence-corrected chi connectivity index (χ4v) is 3.84. The third-order valence-corrected chi connectivity index (χ3v) is 5.01. The van der Waals surface area contributed by atoms with Crippen molar-refractivity contribution in [2.75, 3.05) is 19.6 Å². The Morgan fingerprint density at radius 3 is 2.35 bits per heavy atom. The van der Waals surface area contributed by atoms with Gasteiger partial charge in [-0.25, -0.2) is 0 Å². The van der Waals surface area contributed by atoms with Gasteiger partial charge in [0.05, 0.1) is 0 Å². The first-order valence-electron chi connectivity index (χ1n) is 7.73. The topological polar surface area (TPSA) is 15.3 Å². The van der Waals surface area contributed by atoms with Crippen LogP contribution in [0.15, 0.2) is 0 Å². The molecule has 4 atom stereocenters. The van der Waals surface area contributed by atoms with E-state index in [1.807, 2.05) is 0 Å². The van der Waals surface area contributed by atoms with Gasteiger partial charge < -0.3 is 5.32 Å². The minimum atomic E-state index is 0.689. The summed E-state index contributed by atoms with van der Waals surface area (Å²) in [6.45, 7) is 10.9. The molecule has 0 aromatic carbocycles. The van der Waals surface area contributed by atoms with Gasteiger partial charge in [0.2, 0.25) is 0 Å². The third-order valence-electron chi connectivity index (χ3n) is 5.01. The second-order valence-corrected chi connectivity index (χ2v) is 6.11. The van der Waals surface area contributed by atoms with E-state index in [1.165, 1.54) is 51.7 Å². The van der Waals surface area contributed by atoms with E-state index >= 15 is 0 Å². The van der Waals surface area contributed by atoms with Crippen molar-refractivity contribution in [1.29, 1.82) is 0 Å². The lowest BCUT2D eigenvalue weighted by Crippen LogP contribution is -2.47. The van der Waals surface area contributed by atoms with E-state index in [4.69, 9.17) is 0 Å². The monoisotopic (exact) mass is 238 g/mol. The largest absolute Gasteiger partial charge is 0.312 e. The number of hydrogen-bond donors (Lipinski definition) is 1. The Bertz CT molecular complexity index is 217. The fourth-order valence-electron chi connectivity index (χ4n) is 3.84. The Kier molecular flexibility index (Phi) is 4.87. The predicted octanol–water partition coefficient (Wildman–Crippen LogP) is 2.89. The van der Waals surface area contributed by atoms with Crippen LogP contribution >= 0.6 is 0 Å². The van der Waals surface area contributed by atoms with Crippen LogP contribution < -0.4 is 5.32 Å². The molecule has 1 aliphatic heterocycles. The number of nitrogens with one attached hydrogen (secondary N) is 1. The molecule has 1 saturated heterocycles. The maximum atomic E-state index is 3.72. The van der Waals surface area contributed by atoms with Gasteiger partial charge in [0, 0.05) is 25.2 Å². The number of hydrogen-bond acceptors (Lipinski definition) is 2. The van der Waals surface area contributed by atoms with Crippen LogP contribution in [0.5, 0.6) is 0 Å². The first-order chi connectivity index (χ1) is 8.26. The van der Waals surface area contributed by atoms with Gasteiger partial charge in [0.15, 0.2) is 0 Å². The van der Waals surface area contributed by atoms with E-state index in [0.29, 0.717) is 6.04 Å². The second-order valence-electron chi connectivity index (χ2n) is 6.11. The highest BCUT2D eigenvalue weighted by Crippen LogP contribution is 2.38. The van der Waals surface area contributed by atoms with Crippen LogP contribution in [0.3, 0.4) is 0 Å². The molecule has 1 saturated carbocycles. The molecule has 0 aromatic heterocycles. The van der Waals surface area contributed by atoms with E-state index in [-0.39, 0.29) is 0 Å². The standard InChI is InChI=1S/C15H30N2/c1-4-9-16-15(5-2)12(3)17-10-13-7-6-8-14(13)11-17/h12-16H,4-11H2,1-3H3. The van der Waals surface area contributed by atoms with Crippen LogP contribution in [-0.2, 0) is 0 Å². The SMILES string of the molecule is CCCNC(CC)C(C)N1CC2CCCC2C1. The van der Waals surface area contributed by atoms with Crippen LogP contribution in [0.4, 0.5) is 0 Å². The normalized spacial score (nSPS) is 32.6. The molecule has 2 nitrogen and oxygen atoms in total. The van der Waals surface area contributed by atoms with Crippen LogP contribution in [0, 0.1) is 11.8 Å². The van der Waals surface area contributed by atoms with Crippen molar-refractivity contribution in [2.45, 2.75) is 65.0 Å². The summed E-state index contributed by atoms with van der Waals surface area (Å²) >= 11 is 0. The van der Waals surface area contributed by atoms with Gasteiger partial charge in [-0.3, -0.25) is 4.90 Å². The molecule has 4 unspecified atom stereocenters. The Morgan fingerprint density at radius 2 is 1.82 bits per heavy atom. The van der Waals surface area contributed by atoms with Crippen LogP contribution in [0.2, 0.25) is 0 Å². The highest BCUT2D eigenvalue weighted by atomic mass is 15.2. The zero-order valence-electron chi connectivity index (χ0n) is 11.9. The predicted molar refractivity (Wildman–Crippen MR) is 74.2 cm³/mol. The summed E-state index contributed by atoms with van der Waals surface area (Å²) < 4.78 is 0. The fraction of sp³-hybridized carbons (Fsp3) is 1.00. The summed E-state index contributed by atoms with van der Waals surface area (Å²) in [4.78, 5) is 2.76. The summed E-state index contributed by atoms with van der Waals surface area (Å²) in [5.74, 6) is 2.06. The second kappa shape index (κ2) is 6.19. The van der Waals surface area contributed by atoms with Crippen LogP contribution in [0.1, 0.15) is 52.9 Å². The molecule has 1 aliphatic carbocycles. The molecule has 1 heterocycles. The third kappa shape index (κ3) is 3.03. The van der Waals surface area contributed by atoms with Crippen molar-refractivity contribution in [3.05, 3.63) is 0 Å². The van der Waals surface area contributed by atoms with Crippen molar-refractivity contribution >= 4 is 0 Å². The molecule has 1 N–H and O–H groups in total. The lowest BCUT2D eigenvalue weighted by Gasteiger charge is -2.32. The molecular weight excluding hydrogens is 208 g/mol. The molecule has 0 amide bonds. The Balaban J connectivity index is 1.84. The molecule has 0 spiro atoms. The average Bonchev–Trinajstić information content (AvgIpc) is 2.89. The zero-order chi connectivity index (χ0) is 12.3. The minimum Gasteiger partial charge on any atom is -0.312 e. The van der Waals surface area contributed by atoms with Gasteiger partial charge in [-0.05, 0) is 51.0 Å². The van der Waals surface area contributed by atoms with Gasteiger partial charge in [-0.1, -0.05) is 20.3 Å². The quantitative estimate of drug-likeness (QED) is 0.765. The molecule has 17 heavy (non-hydrogen) atoms. The molecule has 2 aliphatic rings. The lowest BCUT2D eigenvalue weighted by molar-refractivity contribution is 0.189. The van der Waals surface area contributed by atoms with Crippen molar-refractivity contribution in [1.82, 2.24) is 10.2 Å². The summed E-state index contributed by atoms with van der Waals surface area (Å²) in [5.41, 5.74) is 0. The van der Waals surface area contributed by atoms with Crippen LogP contribution in [0.25, 0.3) is 0 Å². The molecule has 100 valence electrons. The van der Waals surface area contributed by atoms with E-state index < -0.39 is 0 Å². The van der Waals surface area contributed by atoms with Crippen molar-refractivity contribution in [3.63, 3.8) is 0 Å². The maximum Gasteiger partial charge on any atom is 0.0221 e. The Morgan fingerprint density at radius 1 is 1.18 bits per heavy atom. The molecule has 0 aromatic rings. The van der Waals surface area contributed by atoms with Gasteiger partial charge in [0.1, 0.15) is 0 Å². The molecule has 2 fully saturated rings. The maximum absolute atomic E-state index is 3.72. The summed E-state index contributed by atoms with van der Waals surface area (Å²) in [6.07, 6.45) is 6.98. The zero-order valence-corrected chi connectivity index (χ0v) is 11.9. The molecule has 2 heteroatoms. The summed E-state index contributed by atoms with van der Waals surface area (Å²) in [7, 11) is 0. The van der Waals surface area contributed by atoms with Gasteiger partial charge >= 0.3 is 0 Å². The Hall–Kier alpha value is -0.0800. The molecule has 0 radical (unpaired) electrons. The van der Waals surface area contributed by atoms with E-state index in [1.54, 1.807) is 0 Å². The van der Waals surface area contributed by atoms with Gasteiger partial charge in [-0.2, -0.15) is 0 Å². The molecule has 2 rings (SSSR count). The molecular formula is C15H30N2. The Labute approximate surface area is 107 Å². The number of likely N-dealkylation sites (tertiary alicyclic amines) is 1. The first-order valence-corrected chi connectivity index (χ1v) is 7.73. The van der Waals surface area contributed by atoms with E-state index in [9.17, 15) is 0 Å². The smallest absolute Gasteiger partial charge is 0.0221 e. The highest BCUT2D eigenvalue weighted by Gasteiger charge is 2.38. The average molecular weight is 238 g/mol. The minimum absolute atomic E-state index is 0.689. The number of fused-ring (bicyclic) bond motifs is 1. The van der Waals surface area contributed by atoms with E-state index in [0.717, 1.165) is 17.9 Å². The first kappa shape index (κ1) is 13.4. The lowest BCUT2D eigenvalue weighted by atomic mass is 10.0. The summed E-state index contributed by atoms with van der Waals surface area (Å²) in [5, 5.41) is 3.72. The number of nitrogens with zero attached hydrogens (tertiary/aromatic N) is 1. The van der Waals surface area contributed by atoms with Crippen molar-refractivity contribution in [3.8, 4) is 0 Å². The highest BCUT2D eigenvalue weighted by molar-refractivity contribution is 4.93. The molecule has 0 bridgehead atoms. The van der Waals surface area contributed by atoms with Crippen molar-refractivity contribution < 1.29 is 0 Å². The van der Waals surface area contributed by atoms with Crippen LogP contribution in [-0.4, -0.2) is 36.6 Å².